The molecule has 0 bridgehead atoms. The van der Waals surface area contributed by atoms with Crippen molar-refractivity contribution in [3.63, 3.8) is 0 Å². The molecule has 0 amide bonds. The molecule has 0 saturated heterocycles. The van der Waals surface area contributed by atoms with Crippen molar-refractivity contribution >= 4 is 28.7 Å². The Morgan fingerprint density at radius 3 is 2.50 bits per heavy atom. The van der Waals surface area contributed by atoms with Crippen LogP contribution in [-0.2, 0) is 6.18 Å². The number of anilines is 1. The lowest BCUT2D eigenvalue weighted by atomic mass is 10.1. The maximum atomic E-state index is 12.9. The smallest absolute Gasteiger partial charge is 0.396 e. The standard InChI is InChI=1S/C21H25F3N6O3S/c1-2-3-8-25-18-15-19(30(29-28-15)14-9-11(10-31)16(32)17(14)33)27-20(26-18)34-13-6-4-12(5-7-13)21(22,23)24/h4-7,11,14,16-17,31-33H,2-3,8-10H2,1H3,(H,25,26,27)/t11?,14?,16?,17-/m0/s1. The van der Waals surface area contributed by atoms with Crippen LogP contribution in [0.3, 0.4) is 0 Å². The molecule has 1 aliphatic carbocycles. The average Bonchev–Trinajstić information content (AvgIpc) is 3.34. The molecule has 4 N–H and O–H groups in total. The van der Waals surface area contributed by atoms with Crippen molar-refractivity contribution in [1.29, 1.82) is 0 Å². The number of unbranched alkanes of at least 4 members (excludes halogenated alkanes) is 1. The van der Waals surface area contributed by atoms with E-state index in [0.717, 1.165) is 36.7 Å². The van der Waals surface area contributed by atoms with Gasteiger partial charge in [0.25, 0.3) is 0 Å². The minimum absolute atomic E-state index is 0.265. The van der Waals surface area contributed by atoms with Gasteiger partial charge in [-0.05, 0) is 48.9 Å². The summed E-state index contributed by atoms with van der Waals surface area (Å²) in [6.07, 6.45) is -4.59. The summed E-state index contributed by atoms with van der Waals surface area (Å²) in [4.78, 5) is 9.53. The molecule has 2 aromatic heterocycles. The van der Waals surface area contributed by atoms with E-state index in [1.54, 1.807) is 0 Å². The summed E-state index contributed by atoms with van der Waals surface area (Å²) < 4.78 is 40.1. The summed E-state index contributed by atoms with van der Waals surface area (Å²) in [6, 6.07) is 4.05. The lowest BCUT2D eigenvalue weighted by Gasteiger charge is -2.17. The van der Waals surface area contributed by atoms with E-state index in [4.69, 9.17) is 0 Å². The molecule has 0 radical (unpaired) electrons. The Morgan fingerprint density at radius 1 is 1.15 bits per heavy atom. The Morgan fingerprint density at radius 2 is 1.88 bits per heavy atom. The third kappa shape index (κ3) is 4.97. The topological polar surface area (TPSA) is 129 Å². The van der Waals surface area contributed by atoms with Crippen molar-refractivity contribution in [1.82, 2.24) is 25.0 Å². The first-order chi connectivity index (χ1) is 16.2. The fraction of sp³-hybridized carbons (Fsp3) is 0.524. The van der Waals surface area contributed by atoms with Crippen LogP contribution < -0.4 is 5.32 Å². The van der Waals surface area contributed by atoms with Crippen molar-refractivity contribution in [2.75, 3.05) is 18.5 Å². The first kappa shape index (κ1) is 24.6. The first-order valence-electron chi connectivity index (χ1n) is 10.9. The van der Waals surface area contributed by atoms with E-state index < -0.39 is 35.9 Å². The van der Waals surface area contributed by atoms with Crippen LogP contribution in [0.5, 0.6) is 0 Å². The third-order valence-corrected chi connectivity index (χ3v) is 6.71. The first-order valence-corrected chi connectivity index (χ1v) is 11.7. The number of alkyl halides is 3. The number of hydrogen-bond donors (Lipinski definition) is 4. The number of aromatic nitrogens is 5. The molecule has 2 heterocycles. The molecule has 0 spiro atoms. The van der Waals surface area contributed by atoms with Crippen molar-refractivity contribution in [3.8, 4) is 0 Å². The van der Waals surface area contributed by atoms with Gasteiger partial charge in [-0.1, -0.05) is 18.6 Å². The van der Waals surface area contributed by atoms with E-state index in [1.807, 2.05) is 6.92 Å². The lowest BCUT2D eigenvalue weighted by molar-refractivity contribution is -0.137. The largest absolute Gasteiger partial charge is 0.416 e. The van der Waals surface area contributed by atoms with Crippen LogP contribution in [0.15, 0.2) is 34.3 Å². The summed E-state index contributed by atoms with van der Waals surface area (Å²) in [5.74, 6) is -0.0879. The van der Waals surface area contributed by atoms with Crippen LogP contribution in [0, 0.1) is 5.92 Å². The number of rotatable bonds is 8. The Hall–Kier alpha value is -2.48. The summed E-state index contributed by atoms with van der Waals surface area (Å²) in [5, 5.41) is 42.0. The predicted molar refractivity (Wildman–Crippen MR) is 118 cm³/mol. The minimum atomic E-state index is -4.42. The highest BCUT2D eigenvalue weighted by Gasteiger charge is 2.43. The van der Waals surface area contributed by atoms with Gasteiger partial charge in [-0.2, -0.15) is 13.2 Å². The Bertz CT molecular complexity index is 1130. The number of aliphatic hydroxyl groups is 3. The van der Waals surface area contributed by atoms with E-state index in [0.29, 0.717) is 28.4 Å². The second-order valence-corrected chi connectivity index (χ2v) is 9.23. The van der Waals surface area contributed by atoms with E-state index in [2.05, 4.69) is 25.6 Å². The maximum Gasteiger partial charge on any atom is 0.416 e. The Labute approximate surface area is 197 Å². The van der Waals surface area contributed by atoms with Crippen LogP contribution in [0.1, 0.15) is 37.8 Å². The molecule has 1 aromatic carbocycles. The molecule has 4 atom stereocenters. The van der Waals surface area contributed by atoms with Crippen LogP contribution in [0.25, 0.3) is 11.2 Å². The second-order valence-electron chi connectivity index (χ2n) is 8.19. The molecule has 1 fully saturated rings. The summed E-state index contributed by atoms with van der Waals surface area (Å²) in [6.45, 7) is 2.39. The monoisotopic (exact) mass is 498 g/mol. The SMILES string of the molecule is CCCCNc1nc(Sc2ccc(C(F)(F)F)cc2)nc2c1nnn2C1CC(CO)C(O)[C@H]1O. The van der Waals surface area contributed by atoms with Gasteiger partial charge in [0.15, 0.2) is 22.1 Å². The number of aliphatic hydroxyl groups excluding tert-OH is 3. The molecule has 34 heavy (non-hydrogen) atoms. The zero-order valence-electron chi connectivity index (χ0n) is 18.3. The van der Waals surface area contributed by atoms with Crippen molar-refractivity contribution in [2.45, 2.75) is 60.7 Å². The quantitative estimate of drug-likeness (QED) is 0.274. The maximum absolute atomic E-state index is 12.9. The van der Waals surface area contributed by atoms with Crippen LogP contribution in [0.4, 0.5) is 19.0 Å². The van der Waals surface area contributed by atoms with Crippen molar-refractivity contribution in [3.05, 3.63) is 29.8 Å². The van der Waals surface area contributed by atoms with Crippen LogP contribution in [0.2, 0.25) is 0 Å². The fourth-order valence-electron chi connectivity index (χ4n) is 3.93. The fourth-order valence-corrected chi connectivity index (χ4v) is 4.68. The molecule has 0 aliphatic heterocycles. The van der Waals surface area contributed by atoms with E-state index >= 15 is 0 Å². The van der Waals surface area contributed by atoms with Crippen molar-refractivity contribution < 1.29 is 28.5 Å². The van der Waals surface area contributed by atoms with Gasteiger partial charge in [0.1, 0.15) is 6.10 Å². The van der Waals surface area contributed by atoms with Crippen molar-refractivity contribution in [2.24, 2.45) is 5.92 Å². The molecular formula is C21H25F3N6O3S. The molecule has 3 unspecified atom stereocenters. The van der Waals surface area contributed by atoms with Gasteiger partial charge in [-0.15, -0.1) is 5.10 Å². The van der Waals surface area contributed by atoms with Gasteiger partial charge in [-0.3, -0.25) is 0 Å². The number of hydrogen-bond acceptors (Lipinski definition) is 9. The van der Waals surface area contributed by atoms with Gasteiger partial charge in [0.2, 0.25) is 0 Å². The molecular weight excluding hydrogens is 473 g/mol. The zero-order chi connectivity index (χ0) is 24.5. The van der Waals surface area contributed by atoms with Gasteiger partial charge < -0.3 is 20.6 Å². The van der Waals surface area contributed by atoms with E-state index in [1.165, 1.54) is 16.8 Å². The van der Waals surface area contributed by atoms with E-state index in [9.17, 15) is 28.5 Å². The van der Waals surface area contributed by atoms with Gasteiger partial charge in [0, 0.05) is 24.0 Å². The molecule has 1 aliphatic rings. The molecule has 13 heteroatoms. The van der Waals surface area contributed by atoms with Crippen LogP contribution >= 0.6 is 11.8 Å². The number of nitrogens with one attached hydrogen (secondary N) is 1. The lowest BCUT2D eigenvalue weighted by Crippen LogP contribution is -2.30. The number of benzene rings is 1. The number of halogens is 3. The van der Waals surface area contributed by atoms with Gasteiger partial charge in [-0.25, -0.2) is 14.6 Å². The molecule has 1 saturated carbocycles. The average molecular weight is 499 g/mol. The van der Waals surface area contributed by atoms with Crippen LogP contribution in [-0.4, -0.2) is 65.6 Å². The highest BCUT2D eigenvalue weighted by Crippen LogP contribution is 2.37. The normalized spacial score (nSPS) is 23.0. The minimum Gasteiger partial charge on any atom is -0.396 e. The van der Waals surface area contributed by atoms with Gasteiger partial charge >= 0.3 is 6.18 Å². The predicted octanol–water partition coefficient (Wildman–Crippen LogP) is 2.88. The summed E-state index contributed by atoms with van der Waals surface area (Å²) in [7, 11) is 0. The summed E-state index contributed by atoms with van der Waals surface area (Å²) >= 11 is 1.09. The summed E-state index contributed by atoms with van der Waals surface area (Å²) in [5.41, 5.74) is -0.0510. The van der Waals surface area contributed by atoms with E-state index in [-0.39, 0.29) is 18.2 Å². The Kier molecular flexibility index (Phi) is 7.26. The number of nitrogens with zero attached hydrogens (tertiary/aromatic N) is 5. The highest BCUT2D eigenvalue weighted by molar-refractivity contribution is 7.99. The highest BCUT2D eigenvalue weighted by atomic mass is 32.2. The number of fused-ring (bicyclic) bond motifs is 1. The van der Waals surface area contributed by atoms with Gasteiger partial charge in [0.05, 0.1) is 17.7 Å². The Balaban J connectivity index is 1.70. The molecule has 4 rings (SSSR count). The zero-order valence-corrected chi connectivity index (χ0v) is 19.1. The molecule has 9 nitrogen and oxygen atoms in total. The molecule has 3 aromatic rings. The molecule has 184 valence electrons. The third-order valence-electron chi connectivity index (χ3n) is 5.84. The second kappa shape index (κ2) is 10.0.